The molecule has 1 heterocycles. The van der Waals surface area contributed by atoms with E-state index in [1.807, 2.05) is 0 Å². The van der Waals surface area contributed by atoms with Crippen molar-refractivity contribution in [2.24, 2.45) is 16.7 Å². The highest BCUT2D eigenvalue weighted by Gasteiger charge is 2.45. The molecule has 1 unspecified atom stereocenters. The number of nitrogens with one attached hydrogen (secondary N) is 2. The van der Waals surface area contributed by atoms with Crippen LogP contribution >= 0.6 is 0 Å². The van der Waals surface area contributed by atoms with Crippen molar-refractivity contribution in [3.05, 3.63) is 0 Å². The van der Waals surface area contributed by atoms with Crippen LogP contribution in [-0.4, -0.2) is 26.2 Å². The van der Waals surface area contributed by atoms with E-state index in [2.05, 4.69) is 31.4 Å². The summed E-state index contributed by atoms with van der Waals surface area (Å²) in [5, 5.41) is 7.43. The monoisotopic (exact) mass is 252 g/mol. The lowest BCUT2D eigenvalue weighted by atomic mass is 9.76. The number of rotatable bonds is 7. The van der Waals surface area contributed by atoms with Crippen LogP contribution in [0.25, 0.3) is 0 Å². The van der Waals surface area contributed by atoms with Crippen LogP contribution in [0.4, 0.5) is 0 Å². The van der Waals surface area contributed by atoms with E-state index < -0.39 is 0 Å². The van der Waals surface area contributed by atoms with E-state index in [1.165, 1.54) is 64.7 Å². The fourth-order valence-electron chi connectivity index (χ4n) is 3.71. The molecule has 1 aliphatic heterocycles. The summed E-state index contributed by atoms with van der Waals surface area (Å²) in [4.78, 5) is 0. The maximum atomic E-state index is 3.82. The van der Waals surface area contributed by atoms with Gasteiger partial charge in [-0.2, -0.15) is 0 Å². The van der Waals surface area contributed by atoms with E-state index in [4.69, 9.17) is 0 Å². The third kappa shape index (κ3) is 3.27. The topological polar surface area (TPSA) is 24.1 Å². The quantitative estimate of drug-likeness (QED) is 0.727. The number of hydrogen-bond donors (Lipinski definition) is 2. The third-order valence-electron chi connectivity index (χ3n) is 5.44. The molecule has 1 saturated heterocycles. The summed E-state index contributed by atoms with van der Waals surface area (Å²) in [6, 6.07) is 0. The Bertz CT molecular complexity index is 244. The number of piperidine rings is 1. The molecule has 2 nitrogen and oxygen atoms in total. The van der Waals surface area contributed by atoms with Crippen LogP contribution < -0.4 is 10.6 Å². The minimum Gasteiger partial charge on any atom is -0.316 e. The largest absolute Gasteiger partial charge is 0.316 e. The fraction of sp³-hybridized carbons (Fsp3) is 1.00. The minimum absolute atomic E-state index is 0.542. The minimum atomic E-state index is 0.542. The highest BCUT2D eigenvalue weighted by atomic mass is 15.0. The van der Waals surface area contributed by atoms with Gasteiger partial charge in [0.15, 0.2) is 0 Å². The molecule has 2 aliphatic rings. The SMILES string of the molecule is CCCC1(CNCC2(C(C)C)CC2)CCCNC1. The Morgan fingerprint density at radius 3 is 2.44 bits per heavy atom. The van der Waals surface area contributed by atoms with Gasteiger partial charge in [0.2, 0.25) is 0 Å². The zero-order valence-electron chi connectivity index (χ0n) is 12.6. The molecule has 0 aromatic heterocycles. The molecule has 0 aromatic rings. The lowest BCUT2D eigenvalue weighted by molar-refractivity contribution is 0.175. The van der Waals surface area contributed by atoms with Gasteiger partial charge in [-0.15, -0.1) is 0 Å². The molecular weight excluding hydrogens is 220 g/mol. The first-order valence-corrected chi connectivity index (χ1v) is 8.04. The molecule has 0 amide bonds. The first-order chi connectivity index (χ1) is 8.63. The smallest absolute Gasteiger partial charge is 0.00202 e. The van der Waals surface area contributed by atoms with Crippen molar-refractivity contribution < 1.29 is 0 Å². The van der Waals surface area contributed by atoms with Gasteiger partial charge < -0.3 is 10.6 Å². The molecular formula is C16H32N2. The predicted octanol–water partition coefficient (Wildman–Crippen LogP) is 3.18. The van der Waals surface area contributed by atoms with Gasteiger partial charge in [-0.1, -0.05) is 27.2 Å². The van der Waals surface area contributed by atoms with Crippen LogP contribution in [0.1, 0.15) is 59.3 Å². The van der Waals surface area contributed by atoms with Gasteiger partial charge in [0.25, 0.3) is 0 Å². The Kier molecular flexibility index (Phi) is 4.71. The van der Waals surface area contributed by atoms with Gasteiger partial charge in [0.05, 0.1) is 0 Å². The molecule has 106 valence electrons. The van der Waals surface area contributed by atoms with E-state index in [9.17, 15) is 0 Å². The van der Waals surface area contributed by atoms with Crippen molar-refractivity contribution in [3.63, 3.8) is 0 Å². The Balaban J connectivity index is 1.79. The molecule has 0 bridgehead atoms. The lowest BCUT2D eigenvalue weighted by Crippen LogP contribution is -2.47. The Morgan fingerprint density at radius 2 is 1.94 bits per heavy atom. The van der Waals surface area contributed by atoms with E-state index in [-0.39, 0.29) is 0 Å². The van der Waals surface area contributed by atoms with E-state index in [1.54, 1.807) is 0 Å². The summed E-state index contributed by atoms with van der Waals surface area (Å²) in [7, 11) is 0. The predicted molar refractivity (Wildman–Crippen MR) is 78.8 cm³/mol. The van der Waals surface area contributed by atoms with E-state index in [0.29, 0.717) is 10.8 Å². The zero-order valence-corrected chi connectivity index (χ0v) is 12.6. The van der Waals surface area contributed by atoms with Crippen LogP contribution in [0.2, 0.25) is 0 Å². The maximum absolute atomic E-state index is 3.82. The summed E-state index contributed by atoms with van der Waals surface area (Å²) < 4.78 is 0. The average Bonchev–Trinajstić information content (AvgIpc) is 3.12. The summed E-state index contributed by atoms with van der Waals surface area (Å²) >= 11 is 0. The first kappa shape index (κ1) is 14.3. The second kappa shape index (κ2) is 5.92. The highest BCUT2D eigenvalue weighted by Crippen LogP contribution is 2.51. The van der Waals surface area contributed by atoms with Crippen molar-refractivity contribution in [1.82, 2.24) is 10.6 Å². The molecule has 2 heteroatoms. The Hall–Kier alpha value is -0.0800. The van der Waals surface area contributed by atoms with Gasteiger partial charge in [0.1, 0.15) is 0 Å². The second-order valence-corrected chi connectivity index (χ2v) is 7.15. The molecule has 1 saturated carbocycles. The third-order valence-corrected chi connectivity index (χ3v) is 5.44. The molecule has 2 fully saturated rings. The van der Waals surface area contributed by atoms with Crippen LogP contribution in [0.3, 0.4) is 0 Å². The summed E-state index contributed by atoms with van der Waals surface area (Å²) in [5.74, 6) is 0.844. The Labute approximate surface area is 113 Å². The van der Waals surface area contributed by atoms with E-state index >= 15 is 0 Å². The second-order valence-electron chi connectivity index (χ2n) is 7.15. The first-order valence-electron chi connectivity index (χ1n) is 8.04. The normalized spacial score (nSPS) is 30.7. The van der Waals surface area contributed by atoms with E-state index in [0.717, 1.165) is 5.92 Å². The van der Waals surface area contributed by atoms with Crippen molar-refractivity contribution in [1.29, 1.82) is 0 Å². The van der Waals surface area contributed by atoms with Gasteiger partial charge in [-0.05, 0) is 55.4 Å². The molecule has 2 N–H and O–H groups in total. The van der Waals surface area contributed by atoms with Crippen LogP contribution in [-0.2, 0) is 0 Å². The number of hydrogen-bond acceptors (Lipinski definition) is 2. The summed E-state index contributed by atoms with van der Waals surface area (Å²) in [6.45, 7) is 12.0. The van der Waals surface area contributed by atoms with Crippen LogP contribution in [0.15, 0.2) is 0 Å². The molecule has 2 rings (SSSR count). The molecule has 0 radical (unpaired) electrons. The van der Waals surface area contributed by atoms with Gasteiger partial charge in [0, 0.05) is 19.6 Å². The maximum Gasteiger partial charge on any atom is 0.00202 e. The van der Waals surface area contributed by atoms with Gasteiger partial charge in [-0.3, -0.25) is 0 Å². The fourth-order valence-corrected chi connectivity index (χ4v) is 3.71. The molecule has 0 spiro atoms. The highest BCUT2D eigenvalue weighted by molar-refractivity contribution is 4.98. The van der Waals surface area contributed by atoms with Crippen molar-refractivity contribution in [2.45, 2.75) is 59.3 Å². The lowest BCUT2D eigenvalue weighted by Gasteiger charge is -2.38. The summed E-state index contributed by atoms with van der Waals surface area (Å²) in [6.07, 6.45) is 8.35. The van der Waals surface area contributed by atoms with Crippen LogP contribution in [0.5, 0.6) is 0 Å². The summed E-state index contributed by atoms with van der Waals surface area (Å²) in [5.41, 5.74) is 1.19. The molecule has 0 aromatic carbocycles. The van der Waals surface area contributed by atoms with Crippen molar-refractivity contribution in [3.8, 4) is 0 Å². The average molecular weight is 252 g/mol. The zero-order chi connectivity index (χ0) is 13.1. The molecule has 18 heavy (non-hydrogen) atoms. The molecule has 1 atom stereocenters. The van der Waals surface area contributed by atoms with Gasteiger partial charge >= 0.3 is 0 Å². The van der Waals surface area contributed by atoms with Crippen molar-refractivity contribution >= 4 is 0 Å². The van der Waals surface area contributed by atoms with Crippen LogP contribution in [0, 0.1) is 16.7 Å². The Morgan fingerprint density at radius 1 is 1.17 bits per heavy atom. The van der Waals surface area contributed by atoms with Gasteiger partial charge in [-0.25, -0.2) is 0 Å². The van der Waals surface area contributed by atoms with Crippen molar-refractivity contribution in [2.75, 3.05) is 26.2 Å². The standard InChI is InChI=1S/C16H32N2/c1-4-6-15(7-5-10-17-11-15)12-18-13-16(8-9-16)14(2)3/h14,17-18H,4-13H2,1-3H3. The molecule has 1 aliphatic carbocycles.